The van der Waals surface area contributed by atoms with Crippen molar-refractivity contribution in [1.82, 2.24) is 0 Å². The minimum Gasteiger partial charge on any atom is -0.497 e. The first kappa shape index (κ1) is 14.0. The lowest BCUT2D eigenvalue weighted by molar-refractivity contribution is -0.184. The van der Waals surface area contributed by atoms with Gasteiger partial charge in [0, 0.05) is 5.92 Å². The summed E-state index contributed by atoms with van der Waals surface area (Å²) >= 11 is 0. The molecule has 0 aromatic heterocycles. The van der Waals surface area contributed by atoms with Crippen molar-refractivity contribution < 1.29 is 14.2 Å². The molecule has 1 aromatic carbocycles. The summed E-state index contributed by atoms with van der Waals surface area (Å²) in [5.74, 6) is -1.23. The minimum absolute atomic E-state index is 0.0938. The van der Waals surface area contributed by atoms with Crippen LogP contribution in [-0.4, -0.2) is 32.1 Å². The minimum atomic E-state index is -1.49. The molecular weight excluding hydrogens is 296 g/mol. The van der Waals surface area contributed by atoms with E-state index in [1.807, 2.05) is 12.1 Å². The van der Waals surface area contributed by atoms with Crippen LogP contribution in [0.1, 0.15) is 11.5 Å². The average molecular weight is 310 g/mol. The lowest BCUT2D eigenvalue weighted by atomic mass is 9.94. The molecule has 0 amide bonds. The van der Waals surface area contributed by atoms with Crippen LogP contribution in [0.15, 0.2) is 29.3 Å². The number of benzene rings is 1. The van der Waals surface area contributed by atoms with E-state index >= 15 is 0 Å². The summed E-state index contributed by atoms with van der Waals surface area (Å²) in [5.41, 5.74) is 4.33. The topological polar surface area (TPSA) is 114 Å². The van der Waals surface area contributed by atoms with Crippen molar-refractivity contribution in [2.45, 2.75) is 11.8 Å². The molecule has 2 fully saturated rings. The number of nitriles is 2. The van der Waals surface area contributed by atoms with E-state index in [1.165, 1.54) is 0 Å². The maximum atomic E-state index is 9.94. The summed E-state index contributed by atoms with van der Waals surface area (Å²) < 4.78 is 16.6. The number of fused-ring (bicyclic) bond motifs is 2. The molecule has 2 N–H and O–H groups in total. The molecule has 1 saturated carbocycles. The van der Waals surface area contributed by atoms with Gasteiger partial charge in [-0.2, -0.15) is 10.5 Å². The molecule has 7 heteroatoms. The number of hydrogen-bond acceptors (Lipinski definition) is 7. The predicted molar refractivity (Wildman–Crippen MR) is 78.1 cm³/mol. The van der Waals surface area contributed by atoms with Gasteiger partial charge in [0.25, 0.3) is 5.91 Å². The van der Waals surface area contributed by atoms with E-state index < -0.39 is 22.7 Å². The third-order valence-corrected chi connectivity index (χ3v) is 5.03. The van der Waals surface area contributed by atoms with Crippen LogP contribution in [-0.2, 0) is 9.47 Å². The number of ether oxygens (including phenoxy) is 3. The summed E-state index contributed by atoms with van der Waals surface area (Å²) in [6, 6.07) is 11.7. The summed E-state index contributed by atoms with van der Waals surface area (Å²) in [7, 11) is 1.56. The molecule has 3 atom stereocenters. The maximum absolute atomic E-state index is 9.94. The standard InChI is InChI=1S/C16H14N4O3/c1-21-11-4-2-3-10(7-11)12-14(8-17)13(19)20-16(15(12,14)9-18)22-5-6-23-16/h2-4,7,12H,5-6H2,1H3,(H2,19,20)/t12-,14-,15+/m0/s1. The van der Waals surface area contributed by atoms with Crippen molar-refractivity contribution in [1.29, 1.82) is 10.5 Å². The summed E-state index contributed by atoms with van der Waals surface area (Å²) in [6.07, 6.45) is 0. The average Bonchev–Trinajstić information content (AvgIpc) is 2.84. The monoisotopic (exact) mass is 310 g/mol. The molecule has 2 aliphatic heterocycles. The van der Waals surface area contributed by atoms with Crippen LogP contribution in [0.4, 0.5) is 0 Å². The van der Waals surface area contributed by atoms with E-state index in [1.54, 1.807) is 19.2 Å². The Morgan fingerprint density at radius 1 is 1.30 bits per heavy atom. The Kier molecular flexibility index (Phi) is 2.57. The second-order valence-corrected chi connectivity index (χ2v) is 5.83. The van der Waals surface area contributed by atoms with Gasteiger partial charge in [0.1, 0.15) is 17.0 Å². The fourth-order valence-electron chi connectivity index (χ4n) is 4.04. The second-order valence-electron chi connectivity index (χ2n) is 5.83. The normalized spacial score (nSPS) is 36.0. The van der Waals surface area contributed by atoms with Crippen molar-refractivity contribution in [2.24, 2.45) is 21.6 Å². The molecule has 1 aliphatic carbocycles. The first-order valence-electron chi connectivity index (χ1n) is 7.22. The van der Waals surface area contributed by atoms with Gasteiger partial charge in [-0.1, -0.05) is 12.1 Å². The molecule has 0 bridgehead atoms. The van der Waals surface area contributed by atoms with Crippen molar-refractivity contribution in [3.8, 4) is 17.9 Å². The molecule has 2 heterocycles. The van der Waals surface area contributed by atoms with Gasteiger partial charge in [-0.3, -0.25) is 0 Å². The van der Waals surface area contributed by atoms with E-state index in [-0.39, 0.29) is 5.84 Å². The molecule has 1 aromatic rings. The lowest BCUT2D eigenvalue weighted by Crippen LogP contribution is -2.38. The second kappa shape index (κ2) is 4.23. The van der Waals surface area contributed by atoms with Gasteiger partial charge in [0.05, 0.1) is 32.5 Å². The van der Waals surface area contributed by atoms with Crippen molar-refractivity contribution in [3.05, 3.63) is 29.8 Å². The van der Waals surface area contributed by atoms with E-state index in [9.17, 15) is 10.5 Å². The zero-order valence-electron chi connectivity index (χ0n) is 12.4. The maximum Gasteiger partial charge on any atom is 0.293 e. The number of aliphatic imine (C=N–C) groups is 1. The summed E-state index contributed by atoms with van der Waals surface area (Å²) in [6.45, 7) is 0.624. The highest BCUT2D eigenvalue weighted by atomic mass is 16.8. The van der Waals surface area contributed by atoms with Crippen molar-refractivity contribution in [3.63, 3.8) is 0 Å². The molecular formula is C16H14N4O3. The van der Waals surface area contributed by atoms with Crippen LogP contribution in [0.5, 0.6) is 5.75 Å². The predicted octanol–water partition coefficient (Wildman–Crippen LogP) is 0.884. The number of amidine groups is 1. The van der Waals surface area contributed by atoms with Gasteiger partial charge in [-0.05, 0) is 17.7 Å². The van der Waals surface area contributed by atoms with Crippen LogP contribution in [0.3, 0.4) is 0 Å². The van der Waals surface area contributed by atoms with Gasteiger partial charge >= 0.3 is 0 Å². The number of nitrogens with two attached hydrogens (primary N) is 1. The number of hydrogen-bond donors (Lipinski definition) is 1. The van der Waals surface area contributed by atoms with Crippen LogP contribution >= 0.6 is 0 Å². The van der Waals surface area contributed by atoms with Gasteiger partial charge in [0.15, 0.2) is 5.41 Å². The highest BCUT2D eigenvalue weighted by Gasteiger charge is 2.94. The third-order valence-electron chi connectivity index (χ3n) is 5.03. The quantitative estimate of drug-likeness (QED) is 0.867. The SMILES string of the molecule is COc1cccc([C@@H]2[C@@]3(C#N)C4(N=C(N)[C@]23C#N)OCCO4)c1. The Hall–Kier alpha value is -2.61. The Labute approximate surface area is 132 Å². The smallest absolute Gasteiger partial charge is 0.293 e. The molecule has 116 valence electrons. The highest BCUT2D eigenvalue weighted by Crippen LogP contribution is 2.82. The molecule has 1 spiro atoms. The number of rotatable bonds is 2. The van der Waals surface area contributed by atoms with E-state index in [4.69, 9.17) is 19.9 Å². The van der Waals surface area contributed by atoms with Crippen LogP contribution in [0.2, 0.25) is 0 Å². The Morgan fingerprint density at radius 3 is 2.65 bits per heavy atom. The van der Waals surface area contributed by atoms with Crippen LogP contribution < -0.4 is 10.5 Å². The number of nitrogens with zero attached hydrogens (tertiary/aromatic N) is 3. The molecule has 3 aliphatic rings. The van der Waals surface area contributed by atoms with Gasteiger partial charge < -0.3 is 19.9 Å². The zero-order valence-corrected chi connectivity index (χ0v) is 12.4. The van der Waals surface area contributed by atoms with Crippen LogP contribution in [0, 0.1) is 33.5 Å². The Morgan fingerprint density at radius 2 is 2.04 bits per heavy atom. The highest BCUT2D eigenvalue weighted by molar-refractivity contribution is 6.00. The fourth-order valence-corrected chi connectivity index (χ4v) is 4.04. The first-order valence-corrected chi connectivity index (χ1v) is 7.22. The molecule has 23 heavy (non-hydrogen) atoms. The summed E-state index contributed by atoms with van der Waals surface area (Å²) in [5, 5.41) is 19.8. The van der Waals surface area contributed by atoms with Crippen molar-refractivity contribution >= 4 is 5.84 Å². The zero-order chi connectivity index (χ0) is 16.3. The fraction of sp³-hybridized carbons (Fsp3) is 0.438. The lowest BCUT2D eigenvalue weighted by Gasteiger charge is -2.25. The molecule has 0 unspecified atom stereocenters. The van der Waals surface area contributed by atoms with E-state index in [0.29, 0.717) is 19.0 Å². The van der Waals surface area contributed by atoms with Crippen LogP contribution in [0.25, 0.3) is 0 Å². The van der Waals surface area contributed by atoms with Gasteiger partial charge in [0.2, 0.25) is 0 Å². The van der Waals surface area contributed by atoms with E-state index in [0.717, 1.165) is 5.56 Å². The summed E-state index contributed by atoms with van der Waals surface area (Å²) in [4.78, 5) is 4.23. The molecule has 7 nitrogen and oxygen atoms in total. The van der Waals surface area contributed by atoms with Gasteiger partial charge in [-0.25, -0.2) is 4.99 Å². The third kappa shape index (κ3) is 1.29. The van der Waals surface area contributed by atoms with Crippen molar-refractivity contribution in [2.75, 3.05) is 20.3 Å². The molecule has 0 radical (unpaired) electrons. The van der Waals surface area contributed by atoms with Gasteiger partial charge in [-0.15, -0.1) is 0 Å². The Balaban J connectivity index is 1.91. The molecule has 1 saturated heterocycles. The number of methoxy groups -OCH3 is 1. The first-order chi connectivity index (χ1) is 11.1. The largest absolute Gasteiger partial charge is 0.497 e. The Bertz CT molecular complexity index is 802. The van der Waals surface area contributed by atoms with E-state index in [2.05, 4.69) is 17.1 Å². The molecule has 4 rings (SSSR count).